The minimum Gasteiger partial charge on any atom is -0.457 e. The zero-order valence-electron chi connectivity index (χ0n) is 11.0. The second-order valence-corrected chi connectivity index (χ2v) is 5.53. The molecule has 21 heavy (non-hydrogen) atoms. The van der Waals surface area contributed by atoms with Crippen LogP contribution in [0.3, 0.4) is 0 Å². The molecule has 1 N–H and O–H groups in total. The lowest BCUT2D eigenvalue weighted by Gasteiger charge is -2.02. The Balaban J connectivity index is 1.92. The van der Waals surface area contributed by atoms with Crippen LogP contribution in [0.5, 0.6) is 0 Å². The van der Waals surface area contributed by atoms with E-state index in [9.17, 15) is 14.0 Å². The van der Waals surface area contributed by atoms with Gasteiger partial charge in [0.15, 0.2) is 0 Å². The predicted molar refractivity (Wildman–Crippen MR) is 77.9 cm³/mol. The van der Waals surface area contributed by atoms with Crippen molar-refractivity contribution in [3.8, 4) is 11.3 Å². The molecular weight excluding hydrogens is 293 g/mol. The molecule has 1 fully saturated rings. The van der Waals surface area contributed by atoms with Crippen LogP contribution < -0.4 is 5.32 Å². The van der Waals surface area contributed by atoms with Crippen molar-refractivity contribution in [1.29, 1.82) is 0 Å². The monoisotopic (exact) mass is 303 g/mol. The molecule has 2 aromatic rings. The van der Waals surface area contributed by atoms with Gasteiger partial charge in [-0.05, 0) is 54.6 Å². The van der Waals surface area contributed by atoms with Crippen LogP contribution in [0.4, 0.5) is 9.18 Å². The number of aryl methyl sites for hydroxylation is 1. The Labute approximate surface area is 124 Å². The summed E-state index contributed by atoms with van der Waals surface area (Å²) in [5.74, 6) is 0.304. The smallest absolute Gasteiger partial charge is 0.290 e. The number of halogens is 1. The molecule has 1 aromatic heterocycles. The molecule has 0 atom stereocenters. The third kappa shape index (κ3) is 2.75. The normalized spacial score (nSPS) is 16.6. The van der Waals surface area contributed by atoms with Crippen molar-refractivity contribution < 1.29 is 18.4 Å². The molecule has 6 heteroatoms. The molecule has 0 saturated carbocycles. The summed E-state index contributed by atoms with van der Waals surface area (Å²) in [5.41, 5.74) is 1.53. The van der Waals surface area contributed by atoms with Crippen molar-refractivity contribution in [3.63, 3.8) is 0 Å². The van der Waals surface area contributed by atoms with Crippen LogP contribution in [-0.4, -0.2) is 11.1 Å². The van der Waals surface area contributed by atoms with Gasteiger partial charge in [-0.3, -0.25) is 14.9 Å². The Morgan fingerprint density at radius 3 is 2.71 bits per heavy atom. The fraction of sp³-hybridized carbons (Fsp3) is 0.0667. The van der Waals surface area contributed by atoms with Gasteiger partial charge in [-0.15, -0.1) is 0 Å². The number of hydrogen-bond donors (Lipinski definition) is 1. The van der Waals surface area contributed by atoms with Gasteiger partial charge in [0, 0.05) is 11.6 Å². The lowest BCUT2D eigenvalue weighted by molar-refractivity contribution is -0.115. The minimum absolute atomic E-state index is 0.289. The first-order valence-electron chi connectivity index (χ1n) is 6.14. The molecule has 0 radical (unpaired) electrons. The summed E-state index contributed by atoms with van der Waals surface area (Å²) in [7, 11) is 0. The van der Waals surface area contributed by atoms with E-state index in [4.69, 9.17) is 4.42 Å². The topological polar surface area (TPSA) is 59.3 Å². The molecule has 1 aromatic carbocycles. The van der Waals surface area contributed by atoms with Gasteiger partial charge < -0.3 is 4.42 Å². The highest BCUT2D eigenvalue weighted by Crippen LogP contribution is 2.30. The zero-order valence-corrected chi connectivity index (χ0v) is 11.8. The van der Waals surface area contributed by atoms with E-state index < -0.39 is 11.1 Å². The van der Waals surface area contributed by atoms with Gasteiger partial charge in [-0.25, -0.2) is 4.39 Å². The summed E-state index contributed by atoms with van der Waals surface area (Å²) in [6, 6.07) is 7.87. The zero-order chi connectivity index (χ0) is 15.0. The molecule has 0 spiro atoms. The van der Waals surface area contributed by atoms with Crippen molar-refractivity contribution in [2.24, 2.45) is 0 Å². The number of thioether (sulfide) groups is 1. The van der Waals surface area contributed by atoms with E-state index in [1.807, 2.05) is 0 Å². The third-order valence-electron chi connectivity index (χ3n) is 3.00. The molecule has 0 unspecified atom stereocenters. The lowest BCUT2D eigenvalue weighted by Crippen LogP contribution is -2.17. The number of rotatable bonds is 2. The van der Waals surface area contributed by atoms with Gasteiger partial charge in [0.2, 0.25) is 0 Å². The first-order chi connectivity index (χ1) is 10.0. The summed E-state index contributed by atoms with van der Waals surface area (Å²) in [4.78, 5) is 22.8. The minimum atomic E-state index is -0.430. The van der Waals surface area contributed by atoms with E-state index >= 15 is 0 Å². The molecule has 1 aliphatic heterocycles. The third-order valence-corrected chi connectivity index (χ3v) is 3.81. The predicted octanol–water partition coefficient (Wildman–Crippen LogP) is 3.72. The second kappa shape index (κ2) is 5.21. The standard InChI is InChI=1S/C15H10FNO3S/c1-8-6-9(16)2-4-11(8)12-5-3-10(20-12)7-13-14(18)17-15(19)21-13/h2-7H,1H3,(H,17,18,19)/b13-7-. The van der Waals surface area contributed by atoms with Crippen LogP contribution in [0.15, 0.2) is 39.7 Å². The first-order valence-corrected chi connectivity index (χ1v) is 6.96. The van der Waals surface area contributed by atoms with Gasteiger partial charge in [0.05, 0.1) is 4.91 Å². The van der Waals surface area contributed by atoms with E-state index in [1.165, 1.54) is 18.2 Å². The van der Waals surface area contributed by atoms with Crippen molar-refractivity contribution in [1.82, 2.24) is 5.32 Å². The van der Waals surface area contributed by atoms with Crippen molar-refractivity contribution in [2.45, 2.75) is 6.92 Å². The highest BCUT2D eigenvalue weighted by atomic mass is 32.2. The fourth-order valence-electron chi connectivity index (χ4n) is 2.03. The molecule has 2 heterocycles. The average Bonchev–Trinajstić information content (AvgIpc) is 2.97. The summed E-state index contributed by atoms with van der Waals surface area (Å²) in [5, 5.41) is 1.78. The molecule has 4 nitrogen and oxygen atoms in total. The van der Waals surface area contributed by atoms with Crippen LogP contribution in [0.1, 0.15) is 11.3 Å². The number of nitrogens with one attached hydrogen (secondary N) is 1. The Kier molecular flexibility index (Phi) is 3.39. The molecule has 1 aliphatic rings. The highest BCUT2D eigenvalue weighted by Gasteiger charge is 2.25. The summed E-state index contributed by atoms with van der Waals surface area (Å²) < 4.78 is 18.7. The number of benzene rings is 1. The summed E-state index contributed by atoms with van der Waals surface area (Å²) >= 11 is 0.831. The van der Waals surface area contributed by atoms with Crippen molar-refractivity contribution in [2.75, 3.05) is 0 Å². The molecular formula is C15H10FNO3S. The van der Waals surface area contributed by atoms with Crippen LogP contribution in [0.25, 0.3) is 17.4 Å². The highest BCUT2D eigenvalue weighted by molar-refractivity contribution is 8.18. The SMILES string of the molecule is Cc1cc(F)ccc1-c1ccc(/C=C2\SC(=O)NC2=O)o1. The van der Waals surface area contributed by atoms with Gasteiger partial charge in [-0.1, -0.05) is 0 Å². The van der Waals surface area contributed by atoms with Gasteiger partial charge in [0.25, 0.3) is 11.1 Å². The summed E-state index contributed by atoms with van der Waals surface area (Å²) in [6.07, 6.45) is 1.51. The van der Waals surface area contributed by atoms with Crippen LogP contribution in [0, 0.1) is 12.7 Å². The Morgan fingerprint density at radius 1 is 1.24 bits per heavy atom. The van der Waals surface area contributed by atoms with Crippen molar-refractivity contribution in [3.05, 3.63) is 52.4 Å². The molecule has 0 aliphatic carbocycles. The van der Waals surface area contributed by atoms with E-state index in [-0.39, 0.29) is 10.7 Å². The van der Waals surface area contributed by atoms with Crippen molar-refractivity contribution >= 4 is 29.0 Å². The van der Waals surface area contributed by atoms with Crippen LogP contribution >= 0.6 is 11.8 Å². The maximum atomic E-state index is 13.1. The molecule has 106 valence electrons. The van der Waals surface area contributed by atoms with Gasteiger partial charge in [0.1, 0.15) is 17.3 Å². The summed E-state index contributed by atoms with van der Waals surface area (Å²) in [6.45, 7) is 1.79. The van der Waals surface area contributed by atoms with E-state index in [0.29, 0.717) is 11.5 Å². The largest absolute Gasteiger partial charge is 0.457 e. The van der Waals surface area contributed by atoms with E-state index in [2.05, 4.69) is 5.32 Å². The second-order valence-electron chi connectivity index (χ2n) is 4.51. The number of amides is 2. The Bertz CT molecular complexity index is 779. The van der Waals surface area contributed by atoms with E-state index in [1.54, 1.807) is 25.1 Å². The number of carbonyl (C=O) groups excluding carboxylic acids is 2. The lowest BCUT2D eigenvalue weighted by atomic mass is 10.1. The fourth-order valence-corrected chi connectivity index (χ4v) is 2.69. The Morgan fingerprint density at radius 2 is 2.05 bits per heavy atom. The van der Waals surface area contributed by atoms with Crippen LogP contribution in [-0.2, 0) is 4.79 Å². The maximum absolute atomic E-state index is 13.1. The quantitative estimate of drug-likeness (QED) is 0.859. The number of imide groups is 1. The van der Waals surface area contributed by atoms with E-state index in [0.717, 1.165) is 22.9 Å². The molecule has 1 saturated heterocycles. The number of hydrogen-bond acceptors (Lipinski definition) is 4. The maximum Gasteiger partial charge on any atom is 0.290 e. The molecule has 0 bridgehead atoms. The number of furan rings is 1. The molecule has 3 rings (SSSR count). The average molecular weight is 303 g/mol. The van der Waals surface area contributed by atoms with Crippen LogP contribution in [0.2, 0.25) is 0 Å². The first kappa shape index (κ1) is 13.6. The number of carbonyl (C=O) groups is 2. The van der Waals surface area contributed by atoms with Gasteiger partial charge >= 0.3 is 0 Å². The van der Waals surface area contributed by atoms with Gasteiger partial charge in [-0.2, -0.15) is 0 Å². The Hall–Kier alpha value is -2.34. The molecule has 2 amide bonds.